The summed E-state index contributed by atoms with van der Waals surface area (Å²) in [6, 6.07) is 41.5. The molecule has 1 heteroatoms. The van der Waals surface area contributed by atoms with Crippen molar-refractivity contribution in [2.24, 2.45) is 0 Å². The van der Waals surface area contributed by atoms with Gasteiger partial charge in [0.1, 0.15) is 0 Å². The summed E-state index contributed by atoms with van der Waals surface area (Å²) in [6.45, 7) is 10.1. The van der Waals surface area contributed by atoms with Crippen LogP contribution in [-0.4, -0.2) is 5.71 Å². The molecule has 202 valence electrons. The van der Waals surface area contributed by atoms with Crippen molar-refractivity contribution in [3.8, 4) is 22.3 Å². The quantitative estimate of drug-likeness (QED) is 0.113. The Labute approximate surface area is 248 Å². The van der Waals surface area contributed by atoms with Crippen molar-refractivity contribution in [2.75, 3.05) is 0 Å². The molecule has 0 aliphatic rings. The number of benzene rings is 6. The third kappa shape index (κ3) is 5.38. The second-order valence-corrected chi connectivity index (χ2v) is 10.8. The zero-order chi connectivity index (χ0) is 29.1. The molecule has 42 heavy (non-hydrogen) atoms. The van der Waals surface area contributed by atoms with E-state index in [4.69, 9.17) is 5.41 Å². The van der Waals surface area contributed by atoms with Crippen LogP contribution < -0.4 is 0 Å². The fraction of sp³-hybridized carbons (Fsp3) is 0.0488. The van der Waals surface area contributed by atoms with Crippen LogP contribution >= 0.6 is 0 Å². The topological polar surface area (TPSA) is 23.9 Å². The minimum Gasteiger partial charge on any atom is -0.305 e. The molecule has 6 aromatic rings. The van der Waals surface area contributed by atoms with Crippen LogP contribution in [0, 0.1) is 5.41 Å². The Morgan fingerprint density at radius 3 is 1.79 bits per heavy atom. The lowest BCUT2D eigenvalue weighted by atomic mass is 9.85. The van der Waals surface area contributed by atoms with Crippen LogP contribution in [0.5, 0.6) is 0 Å². The summed E-state index contributed by atoms with van der Waals surface area (Å²) in [4.78, 5) is 0. The Balaban J connectivity index is 1.44. The van der Waals surface area contributed by atoms with Crippen molar-refractivity contribution in [1.82, 2.24) is 0 Å². The van der Waals surface area contributed by atoms with Crippen molar-refractivity contribution >= 4 is 43.6 Å². The zero-order valence-corrected chi connectivity index (χ0v) is 23.9. The fourth-order valence-electron chi connectivity index (χ4n) is 5.69. The van der Waals surface area contributed by atoms with Crippen LogP contribution in [0.25, 0.3) is 60.1 Å². The Bertz CT molecular complexity index is 2000. The summed E-state index contributed by atoms with van der Waals surface area (Å²) in [5.41, 5.74) is 8.46. The van der Waals surface area contributed by atoms with E-state index >= 15 is 0 Å². The molecule has 6 aromatic carbocycles. The second kappa shape index (κ2) is 11.7. The fourth-order valence-corrected chi connectivity index (χ4v) is 5.69. The first-order valence-electron chi connectivity index (χ1n) is 14.3. The van der Waals surface area contributed by atoms with Gasteiger partial charge in [0, 0.05) is 12.1 Å². The molecule has 0 aliphatic heterocycles. The largest absolute Gasteiger partial charge is 0.305 e. The van der Waals surface area contributed by atoms with E-state index < -0.39 is 0 Å². The smallest absolute Gasteiger partial charge is 0.0351 e. The average molecular weight is 540 g/mol. The summed E-state index contributed by atoms with van der Waals surface area (Å²) in [5, 5.41) is 15.5. The number of hydrogen-bond donors (Lipinski definition) is 1. The molecule has 1 N–H and O–H groups in total. The summed E-state index contributed by atoms with van der Waals surface area (Å²) in [6.07, 6.45) is 8.23. The van der Waals surface area contributed by atoms with Crippen LogP contribution in [0.3, 0.4) is 0 Å². The molecule has 6 rings (SSSR count). The lowest BCUT2D eigenvalue weighted by Gasteiger charge is -2.18. The monoisotopic (exact) mass is 539 g/mol. The van der Waals surface area contributed by atoms with Crippen molar-refractivity contribution in [3.63, 3.8) is 0 Å². The van der Waals surface area contributed by atoms with Crippen LogP contribution in [0.1, 0.15) is 18.9 Å². The van der Waals surface area contributed by atoms with Gasteiger partial charge in [-0.25, -0.2) is 0 Å². The molecule has 0 amide bonds. The van der Waals surface area contributed by atoms with Crippen molar-refractivity contribution in [2.45, 2.75) is 13.3 Å². The maximum absolute atomic E-state index is 8.11. The molecule has 0 atom stereocenters. The Morgan fingerprint density at radius 2 is 1.17 bits per heavy atom. The van der Waals surface area contributed by atoms with Crippen molar-refractivity contribution < 1.29 is 0 Å². The van der Waals surface area contributed by atoms with E-state index in [1.54, 1.807) is 6.08 Å². The highest BCUT2D eigenvalue weighted by atomic mass is 14.4. The molecule has 1 nitrogen and oxygen atoms in total. The third-order valence-electron chi connectivity index (χ3n) is 7.72. The summed E-state index contributed by atoms with van der Waals surface area (Å²) in [5.74, 6) is 0. The van der Waals surface area contributed by atoms with Crippen LogP contribution in [0.2, 0.25) is 0 Å². The number of nitrogens with one attached hydrogen (secondary N) is 1. The molecule has 0 saturated carbocycles. The summed E-state index contributed by atoms with van der Waals surface area (Å²) in [7, 11) is 0. The first kappa shape index (κ1) is 26.9. The van der Waals surface area contributed by atoms with Gasteiger partial charge >= 0.3 is 0 Å². The van der Waals surface area contributed by atoms with Gasteiger partial charge in [0.15, 0.2) is 0 Å². The van der Waals surface area contributed by atoms with Gasteiger partial charge in [0.2, 0.25) is 0 Å². The molecule has 0 saturated heterocycles. The highest BCUT2D eigenvalue weighted by molar-refractivity contribution is 6.21. The molecule has 0 heterocycles. The van der Waals surface area contributed by atoms with Crippen molar-refractivity contribution in [1.29, 1.82) is 5.41 Å². The van der Waals surface area contributed by atoms with Gasteiger partial charge in [-0.2, -0.15) is 0 Å². The maximum atomic E-state index is 8.11. The normalized spacial score (nSPS) is 11.6. The van der Waals surface area contributed by atoms with Crippen molar-refractivity contribution in [3.05, 3.63) is 164 Å². The predicted molar refractivity (Wildman–Crippen MR) is 184 cm³/mol. The number of fused-ring (bicyclic) bond motifs is 3. The second-order valence-electron chi connectivity index (χ2n) is 10.8. The highest BCUT2D eigenvalue weighted by Crippen LogP contribution is 2.44. The molecular weight excluding hydrogens is 506 g/mol. The first-order valence-corrected chi connectivity index (χ1v) is 14.3. The van der Waals surface area contributed by atoms with Gasteiger partial charge in [0.25, 0.3) is 0 Å². The number of allylic oxidation sites excluding steroid dienone is 6. The van der Waals surface area contributed by atoms with E-state index in [0.717, 1.165) is 16.7 Å². The van der Waals surface area contributed by atoms with Gasteiger partial charge in [-0.05, 0) is 90.8 Å². The first-order chi connectivity index (χ1) is 20.5. The van der Waals surface area contributed by atoms with E-state index in [-0.39, 0.29) is 0 Å². The molecule has 0 aliphatic carbocycles. The molecule has 0 radical (unpaired) electrons. The Hall–Kier alpha value is -5.27. The lowest BCUT2D eigenvalue weighted by molar-refractivity contribution is 1.38. The lowest BCUT2D eigenvalue weighted by Crippen LogP contribution is -1.91. The third-order valence-corrected chi connectivity index (χ3v) is 7.72. The highest BCUT2D eigenvalue weighted by Gasteiger charge is 2.16. The van der Waals surface area contributed by atoms with Crippen LogP contribution in [-0.2, 0) is 0 Å². The minimum absolute atomic E-state index is 0.544. The number of hydrogen-bond acceptors (Lipinski definition) is 1. The average Bonchev–Trinajstić information content (AvgIpc) is 3.02. The van der Waals surface area contributed by atoms with E-state index in [0.29, 0.717) is 12.1 Å². The van der Waals surface area contributed by atoms with Gasteiger partial charge < -0.3 is 5.41 Å². The SMILES string of the molecule is C=C(C)/C=C\C(=N)C/C=C\C(=C)c1ccc2ccc(-c3c4ccccc4c(-c4ccccc4)c4ccccc34)cc2c1. The zero-order valence-electron chi connectivity index (χ0n) is 23.9. The molecule has 0 spiro atoms. The van der Waals surface area contributed by atoms with Gasteiger partial charge in [-0.3, -0.25) is 0 Å². The molecule has 0 fully saturated rings. The molecule has 0 aromatic heterocycles. The summed E-state index contributed by atoms with van der Waals surface area (Å²) < 4.78 is 0. The molecular formula is C41H33N. The standard InChI is InChI=1S/C41H33N/c1-28(2)20-25-35(42)15-11-12-29(3)32-23-21-30-22-24-33(27-34(30)26-32)41-38-18-9-7-16-36(38)40(31-13-5-4-6-14-31)37-17-8-10-19-39(37)41/h4-14,16-27,42H,1,3,15H2,2H3/b12-11-,25-20-,42-35?. The Kier molecular flexibility index (Phi) is 7.49. The number of rotatable bonds is 8. The predicted octanol–water partition coefficient (Wildman–Crippen LogP) is 11.6. The minimum atomic E-state index is 0.544. The summed E-state index contributed by atoms with van der Waals surface area (Å²) >= 11 is 0. The van der Waals surface area contributed by atoms with E-state index in [2.05, 4.69) is 128 Å². The van der Waals surface area contributed by atoms with E-state index in [1.807, 2.05) is 25.2 Å². The van der Waals surface area contributed by atoms with E-state index in [9.17, 15) is 0 Å². The molecule has 0 bridgehead atoms. The van der Waals surface area contributed by atoms with Crippen LogP contribution in [0.15, 0.2) is 158 Å². The maximum Gasteiger partial charge on any atom is 0.0351 e. The van der Waals surface area contributed by atoms with Gasteiger partial charge in [-0.15, -0.1) is 0 Å². The van der Waals surface area contributed by atoms with Crippen LogP contribution in [0.4, 0.5) is 0 Å². The Morgan fingerprint density at radius 1 is 0.595 bits per heavy atom. The van der Waals surface area contributed by atoms with Gasteiger partial charge in [0.05, 0.1) is 0 Å². The molecule has 0 unspecified atom stereocenters. The van der Waals surface area contributed by atoms with Gasteiger partial charge in [-0.1, -0.05) is 140 Å². The van der Waals surface area contributed by atoms with E-state index in [1.165, 1.54) is 54.6 Å².